The van der Waals surface area contributed by atoms with Crippen LogP contribution in [0, 0.1) is 0 Å². The monoisotopic (exact) mass is 468 g/mol. The number of anilines is 2. The first-order chi connectivity index (χ1) is 17.1. The van der Waals surface area contributed by atoms with Crippen LogP contribution in [0.15, 0.2) is 85.2 Å². The van der Waals surface area contributed by atoms with E-state index in [0.717, 1.165) is 0 Å². The van der Waals surface area contributed by atoms with Gasteiger partial charge in [-0.05, 0) is 43.3 Å². The summed E-state index contributed by atoms with van der Waals surface area (Å²) in [6.07, 6.45) is 3.07. The van der Waals surface area contributed by atoms with Crippen LogP contribution in [-0.2, 0) is 9.53 Å². The summed E-state index contributed by atoms with van der Waals surface area (Å²) in [4.78, 5) is 34.3. The highest BCUT2D eigenvalue weighted by molar-refractivity contribution is 6.18. The van der Waals surface area contributed by atoms with Gasteiger partial charge in [0.2, 0.25) is 0 Å². The lowest BCUT2D eigenvalue weighted by Gasteiger charge is -2.25. The SMILES string of the molecule is CC=C(C(=O)OC)c1cc2ncnc(N(NC(=O)c3ccccc3)c3ccccc3)c2cc1OC. The lowest BCUT2D eigenvalue weighted by Crippen LogP contribution is -2.39. The number of nitrogens with zero attached hydrogens (tertiary/aromatic N) is 3. The standard InChI is InChI=1S/C27H24N4O4/c1-4-20(27(33)35-3)21-15-23-22(16-24(21)34-2)25(29-17-28-23)31(19-13-9-6-10-14-19)30-26(32)18-11-7-5-8-12-18/h4-17H,1-3H3,(H,30,32). The van der Waals surface area contributed by atoms with Gasteiger partial charge in [0.05, 0.1) is 31.0 Å². The number of allylic oxidation sites excluding steroid dienone is 1. The molecule has 1 N–H and O–H groups in total. The molecule has 4 rings (SSSR count). The number of amides is 1. The molecule has 0 spiro atoms. The van der Waals surface area contributed by atoms with Crippen molar-refractivity contribution in [3.05, 3.63) is 96.3 Å². The Bertz CT molecular complexity index is 1390. The van der Waals surface area contributed by atoms with Crippen molar-refractivity contribution in [2.75, 3.05) is 19.2 Å². The second kappa shape index (κ2) is 10.5. The molecule has 35 heavy (non-hydrogen) atoms. The summed E-state index contributed by atoms with van der Waals surface area (Å²) in [5, 5.41) is 2.22. The van der Waals surface area contributed by atoms with Crippen molar-refractivity contribution in [1.29, 1.82) is 0 Å². The Morgan fingerprint density at radius 2 is 1.63 bits per heavy atom. The number of fused-ring (bicyclic) bond motifs is 1. The fourth-order valence-corrected chi connectivity index (χ4v) is 3.69. The molecule has 3 aromatic carbocycles. The van der Waals surface area contributed by atoms with E-state index >= 15 is 0 Å². The number of benzene rings is 3. The van der Waals surface area contributed by atoms with Crippen LogP contribution in [-0.4, -0.2) is 36.1 Å². The predicted octanol–water partition coefficient (Wildman–Crippen LogP) is 4.70. The maximum Gasteiger partial charge on any atom is 0.338 e. The molecule has 0 unspecified atom stereocenters. The zero-order valence-corrected chi connectivity index (χ0v) is 19.6. The van der Waals surface area contributed by atoms with Crippen molar-refractivity contribution >= 4 is 39.9 Å². The summed E-state index contributed by atoms with van der Waals surface area (Å²) >= 11 is 0. The number of aromatic nitrogens is 2. The molecule has 1 amide bonds. The first kappa shape index (κ1) is 23.4. The Hall–Kier alpha value is -4.72. The minimum Gasteiger partial charge on any atom is -0.496 e. The minimum absolute atomic E-state index is 0.299. The van der Waals surface area contributed by atoms with Crippen molar-refractivity contribution in [1.82, 2.24) is 15.4 Å². The van der Waals surface area contributed by atoms with Gasteiger partial charge < -0.3 is 9.47 Å². The Labute approximate surface area is 202 Å². The highest BCUT2D eigenvalue weighted by Gasteiger charge is 2.22. The van der Waals surface area contributed by atoms with E-state index in [-0.39, 0.29) is 5.91 Å². The van der Waals surface area contributed by atoms with Gasteiger partial charge >= 0.3 is 5.97 Å². The van der Waals surface area contributed by atoms with Gasteiger partial charge in [0.1, 0.15) is 12.1 Å². The van der Waals surface area contributed by atoms with E-state index in [1.54, 1.807) is 54.4 Å². The number of rotatable bonds is 7. The molecule has 0 atom stereocenters. The highest BCUT2D eigenvalue weighted by Crippen LogP contribution is 2.35. The molecule has 0 aliphatic rings. The first-order valence-corrected chi connectivity index (χ1v) is 10.9. The Kier molecular flexibility index (Phi) is 7.02. The van der Waals surface area contributed by atoms with Crippen LogP contribution >= 0.6 is 0 Å². The van der Waals surface area contributed by atoms with Crippen molar-refractivity contribution in [3.63, 3.8) is 0 Å². The second-order valence-electron chi connectivity index (χ2n) is 7.44. The summed E-state index contributed by atoms with van der Waals surface area (Å²) in [6, 6.07) is 21.8. The number of nitrogens with one attached hydrogen (secondary N) is 1. The maximum absolute atomic E-state index is 13.1. The number of carbonyl (C=O) groups is 2. The van der Waals surface area contributed by atoms with Crippen molar-refractivity contribution < 1.29 is 19.1 Å². The molecule has 1 aromatic heterocycles. The average molecular weight is 469 g/mol. The van der Waals surface area contributed by atoms with Gasteiger partial charge in [0.25, 0.3) is 5.91 Å². The molecule has 1 heterocycles. The molecule has 0 bridgehead atoms. The van der Waals surface area contributed by atoms with Crippen LogP contribution in [0.1, 0.15) is 22.8 Å². The third-order valence-electron chi connectivity index (χ3n) is 5.40. The molecular weight excluding hydrogens is 444 g/mol. The lowest BCUT2D eigenvalue weighted by molar-refractivity contribution is -0.133. The molecule has 0 saturated carbocycles. The van der Waals surface area contributed by atoms with E-state index in [1.165, 1.54) is 20.5 Å². The average Bonchev–Trinajstić information content (AvgIpc) is 2.92. The summed E-state index contributed by atoms with van der Waals surface area (Å²) in [7, 11) is 2.84. The van der Waals surface area contributed by atoms with Crippen LogP contribution in [0.25, 0.3) is 16.5 Å². The van der Waals surface area contributed by atoms with E-state index in [0.29, 0.717) is 44.9 Å². The number of methoxy groups -OCH3 is 2. The van der Waals surface area contributed by atoms with Crippen LogP contribution in [0.4, 0.5) is 11.5 Å². The minimum atomic E-state index is -0.486. The molecule has 0 radical (unpaired) electrons. The first-order valence-electron chi connectivity index (χ1n) is 10.9. The van der Waals surface area contributed by atoms with Crippen LogP contribution < -0.4 is 15.2 Å². The van der Waals surface area contributed by atoms with Gasteiger partial charge in [-0.1, -0.05) is 42.5 Å². The molecule has 0 aliphatic heterocycles. The molecule has 4 aromatic rings. The number of ether oxygens (including phenoxy) is 2. The maximum atomic E-state index is 13.1. The van der Waals surface area contributed by atoms with Gasteiger partial charge in [-0.3, -0.25) is 10.2 Å². The largest absolute Gasteiger partial charge is 0.496 e. The van der Waals surface area contributed by atoms with Crippen LogP contribution in [0.2, 0.25) is 0 Å². The molecule has 8 heteroatoms. The molecule has 8 nitrogen and oxygen atoms in total. The van der Waals surface area contributed by atoms with Gasteiger partial charge in [-0.25, -0.2) is 19.8 Å². The van der Waals surface area contributed by atoms with E-state index in [1.807, 2.05) is 36.4 Å². The Morgan fingerprint density at radius 1 is 0.943 bits per heavy atom. The van der Waals surface area contributed by atoms with Crippen LogP contribution in [0.3, 0.4) is 0 Å². The highest BCUT2D eigenvalue weighted by atomic mass is 16.5. The normalized spacial score (nSPS) is 11.1. The number of para-hydroxylation sites is 1. The fourth-order valence-electron chi connectivity index (χ4n) is 3.69. The molecule has 0 saturated heterocycles. The fraction of sp³-hybridized carbons (Fsp3) is 0.111. The quantitative estimate of drug-likeness (QED) is 0.239. The Balaban J connectivity index is 1.87. The predicted molar refractivity (Wildman–Crippen MR) is 134 cm³/mol. The van der Waals surface area contributed by atoms with E-state index < -0.39 is 5.97 Å². The lowest BCUT2D eigenvalue weighted by atomic mass is 10.0. The van der Waals surface area contributed by atoms with E-state index in [9.17, 15) is 9.59 Å². The Morgan fingerprint density at radius 3 is 2.26 bits per heavy atom. The van der Waals surface area contributed by atoms with Crippen molar-refractivity contribution in [2.24, 2.45) is 0 Å². The molecule has 0 fully saturated rings. The summed E-state index contributed by atoms with van der Waals surface area (Å²) in [5.41, 5.74) is 5.60. The molecule has 176 valence electrons. The molecular formula is C27H24N4O4. The number of carbonyl (C=O) groups excluding carboxylic acids is 2. The summed E-state index contributed by atoms with van der Waals surface area (Å²) in [6.45, 7) is 1.75. The van der Waals surface area contributed by atoms with E-state index in [4.69, 9.17) is 9.47 Å². The van der Waals surface area contributed by atoms with E-state index in [2.05, 4.69) is 15.4 Å². The zero-order valence-electron chi connectivity index (χ0n) is 19.6. The summed E-state index contributed by atoms with van der Waals surface area (Å²) in [5.74, 6) is 0.0945. The summed E-state index contributed by atoms with van der Waals surface area (Å²) < 4.78 is 10.5. The number of hydrogen-bond acceptors (Lipinski definition) is 7. The van der Waals surface area contributed by atoms with Crippen LogP contribution in [0.5, 0.6) is 5.75 Å². The number of hydrogen-bond donors (Lipinski definition) is 1. The molecule has 0 aliphatic carbocycles. The van der Waals surface area contributed by atoms with Gasteiger partial charge in [0, 0.05) is 16.5 Å². The van der Waals surface area contributed by atoms with Crippen molar-refractivity contribution in [3.8, 4) is 5.75 Å². The van der Waals surface area contributed by atoms with Gasteiger partial charge in [-0.2, -0.15) is 0 Å². The second-order valence-corrected chi connectivity index (χ2v) is 7.44. The topological polar surface area (TPSA) is 93.6 Å². The zero-order chi connectivity index (χ0) is 24.8. The number of esters is 1. The number of hydrazine groups is 1. The smallest absolute Gasteiger partial charge is 0.338 e. The van der Waals surface area contributed by atoms with Gasteiger partial charge in [-0.15, -0.1) is 0 Å². The third-order valence-corrected chi connectivity index (χ3v) is 5.40. The third kappa shape index (κ3) is 4.81. The van der Waals surface area contributed by atoms with Gasteiger partial charge in [0.15, 0.2) is 5.82 Å². The van der Waals surface area contributed by atoms with Crippen molar-refractivity contribution in [2.45, 2.75) is 6.92 Å².